The number of nitrogens with zero attached hydrogens (tertiary/aromatic N) is 1. The minimum Gasteiger partial charge on any atom is -0.396 e. The van der Waals surface area contributed by atoms with Gasteiger partial charge in [-0.15, -0.1) is 0 Å². The third-order valence-corrected chi connectivity index (χ3v) is 8.63. The van der Waals surface area contributed by atoms with Gasteiger partial charge in [-0.3, -0.25) is 22.7 Å². The molecular formula is C26H35ClN2O14S2. The largest absolute Gasteiger partial charge is 0.396 e. The maximum atomic E-state index is 12.3. The molecule has 0 spiro atoms. The van der Waals surface area contributed by atoms with Crippen molar-refractivity contribution in [1.82, 2.24) is 9.55 Å². The number of aromatic nitrogens is 2. The van der Waals surface area contributed by atoms with Crippen molar-refractivity contribution in [2.75, 3.05) is 38.9 Å². The molecule has 0 radical (unpaired) electrons. The lowest BCUT2D eigenvalue weighted by molar-refractivity contribution is -0.215. The number of hydrogen-bond donors (Lipinski definition) is 3. The van der Waals surface area contributed by atoms with Gasteiger partial charge < -0.3 is 29.2 Å². The van der Waals surface area contributed by atoms with E-state index in [1.807, 2.05) is 0 Å². The quantitative estimate of drug-likeness (QED) is 0.210. The molecule has 1 unspecified atom stereocenters. The smallest absolute Gasteiger partial charge is 0.330 e. The van der Waals surface area contributed by atoms with Crippen LogP contribution in [0.15, 0.2) is 40.1 Å². The summed E-state index contributed by atoms with van der Waals surface area (Å²) in [4.78, 5) is 26.3. The fraction of sp³-hybridized carbons (Fsp3) is 0.615. The minimum atomic E-state index is -4.08. The number of nitrogens with one attached hydrogen (secondary N) is 1. The van der Waals surface area contributed by atoms with Crippen molar-refractivity contribution in [3.63, 3.8) is 0 Å². The molecule has 2 aliphatic rings. The van der Waals surface area contributed by atoms with Crippen molar-refractivity contribution in [3.8, 4) is 0 Å². The van der Waals surface area contributed by atoms with Crippen LogP contribution in [0.4, 0.5) is 0 Å². The van der Waals surface area contributed by atoms with Crippen molar-refractivity contribution in [3.05, 3.63) is 67.4 Å². The zero-order valence-corrected chi connectivity index (χ0v) is 26.9. The summed E-state index contributed by atoms with van der Waals surface area (Å²) in [6.07, 6.45) is -2.78. The fourth-order valence-corrected chi connectivity index (χ4v) is 5.97. The highest BCUT2D eigenvalue weighted by molar-refractivity contribution is 7.86. The van der Waals surface area contributed by atoms with E-state index >= 15 is 0 Å². The number of aryl methyl sites for hydroxylation is 1. The maximum absolute atomic E-state index is 12.3. The molecule has 19 heteroatoms. The number of aliphatic hydroxyl groups is 2. The molecule has 45 heavy (non-hydrogen) atoms. The van der Waals surface area contributed by atoms with Crippen LogP contribution in [0.1, 0.15) is 23.8 Å². The summed E-state index contributed by atoms with van der Waals surface area (Å²) >= 11 is 5.96. The summed E-state index contributed by atoms with van der Waals surface area (Å²) in [6.45, 7) is -1.07. The van der Waals surface area contributed by atoms with Crippen LogP contribution in [-0.2, 0) is 54.2 Å². The zero-order valence-electron chi connectivity index (χ0n) is 24.5. The monoisotopic (exact) mass is 698 g/mol. The normalized spacial score (nSPS) is 26.8. The lowest BCUT2D eigenvalue weighted by atomic mass is 9.91. The van der Waals surface area contributed by atoms with Crippen molar-refractivity contribution in [1.29, 1.82) is 0 Å². The number of halogens is 1. The molecule has 2 aliphatic heterocycles. The molecule has 3 heterocycles. The summed E-state index contributed by atoms with van der Waals surface area (Å²) in [7, 11) is -8.15. The van der Waals surface area contributed by atoms with Gasteiger partial charge in [0.1, 0.15) is 37.3 Å². The van der Waals surface area contributed by atoms with Crippen LogP contribution in [0.25, 0.3) is 0 Å². The van der Waals surface area contributed by atoms with E-state index in [2.05, 4.69) is 4.98 Å². The van der Waals surface area contributed by atoms with Crippen molar-refractivity contribution < 1.29 is 54.4 Å². The maximum Gasteiger partial charge on any atom is 0.330 e. The summed E-state index contributed by atoms with van der Waals surface area (Å²) in [5.41, 5.74) is -2.31. The molecule has 0 bridgehead atoms. The highest BCUT2D eigenvalue weighted by Gasteiger charge is 2.58. The Kier molecular flexibility index (Phi) is 11.3. The van der Waals surface area contributed by atoms with Gasteiger partial charge >= 0.3 is 5.69 Å². The molecule has 2 fully saturated rings. The molecule has 0 saturated carbocycles. The van der Waals surface area contributed by atoms with Gasteiger partial charge in [-0.1, -0.05) is 23.7 Å². The van der Waals surface area contributed by atoms with Crippen LogP contribution < -0.4 is 11.2 Å². The van der Waals surface area contributed by atoms with Crippen LogP contribution >= 0.6 is 11.6 Å². The molecule has 1 aromatic carbocycles. The summed E-state index contributed by atoms with van der Waals surface area (Å²) in [5.74, 6) is -1.04. The molecule has 0 aliphatic carbocycles. The number of hydrogen-bond acceptors (Lipinski definition) is 14. The SMILES string of the molecule is Cc1cn([C@H]2C[C@H](O)[C@@H](COC3OC(COS(C)(=O)=O)(COS(C)(=O)=O)[C@@H](OCc4ccc(Cl)cc4)[C@H]3CO)O2)c(=O)[nH]c1=O. The molecule has 4 rings (SSSR count). The topological polar surface area (TPSA) is 219 Å². The first-order chi connectivity index (χ1) is 21.0. The Hall–Kier alpha value is -2.23. The number of H-pyrrole nitrogens is 1. The Bertz CT molecular complexity index is 1630. The number of aliphatic hydroxyl groups excluding tert-OH is 2. The van der Waals surface area contributed by atoms with Gasteiger partial charge in [0.25, 0.3) is 25.8 Å². The number of rotatable bonds is 14. The van der Waals surface area contributed by atoms with Crippen molar-refractivity contribution >= 4 is 31.8 Å². The third-order valence-electron chi connectivity index (χ3n) is 7.28. The molecule has 3 N–H and O–H groups in total. The van der Waals surface area contributed by atoms with Gasteiger partial charge in [0, 0.05) is 23.2 Å². The molecular weight excluding hydrogens is 664 g/mol. The van der Waals surface area contributed by atoms with Crippen molar-refractivity contribution in [2.24, 2.45) is 5.92 Å². The van der Waals surface area contributed by atoms with E-state index in [9.17, 15) is 36.6 Å². The average Bonchev–Trinajstić information content (AvgIpc) is 3.47. The first kappa shape index (κ1) is 35.6. The molecule has 2 saturated heterocycles. The van der Waals surface area contributed by atoms with Crippen molar-refractivity contribution in [2.45, 2.75) is 56.4 Å². The van der Waals surface area contributed by atoms with E-state index < -0.39 is 93.7 Å². The van der Waals surface area contributed by atoms with E-state index in [0.29, 0.717) is 10.6 Å². The Balaban J connectivity index is 1.58. The van der Waals surface area contributed by atoms with Crippen LogP contribution in [0.3, 0.4) is 0 Å². The van der Waals surface area contributed by atoms with Crippen LogP contribution in [0, 0.1) is 12.8 Å². The first-order valence-electron chi connectivity index (χ1n) is 13.6. The minimum absolute atomic E-state index is 0.0183. The van der Waals surface area contributed by atoms with Gasteiger partial charge in [-0.25, -0.2) is 4.79 Å². The predicted molar refractivity (Wildman–Crippen MR) is 156 cm³/mol. The van der Waals surface area contributed by atoms with Crippen LogP contribution in [0.2, 0.25) is 5.02 Å². The Labute approximate surface area is 264 Å². The second-order valence-electron chi connectivity index (χ2n) is 10.9. The average molecular weight is 699 g/mol. The second-order valence-corrected chi connectivity index (χ2v) is 14.7. The number of ether oxygens (including phenoxy) is 4. The van der Waals surface area contributed by atoms with E-state index in [1.54, 1.807) is 24.3 Å². The van der Waals surface area contributed by atoms with Gasteiger partial charge in [-0.2, -0.15) is 16.8 Å². The van der Waals surface area contributed by atoms with E-state index in [-0.39, 0.29) is 25.2 Å². The third kappa shape index (κ3) is 9.19. The molecule has 0 amide bonds. The summed E-state index contributed by atoms with van der Waals surface area (Å²) in [6, 6.07) is 6.59. The van der Waals surface area contributed by atoms with Crippen LogP contribution in [0.5, 0.6) is 0 Å². The zero-order chi connectivity index (χ0) is 33.2. The lowest BCUT2D eigenvalue weighted by Crippen LogP contribution is -2.52. The van der Waals surface area contributed by atoms with Gasteiger partial charge in [0.05, 0.1) is 44.4 Å². The molecule has 6 atom stereocenters. The highest BCUT2D eigenvalue weighted by Crippen LogP contribution is 2.41. The summed E-state index contributed by atoms with van der Waals surface area (Å²) < 4.78 is 83.0. The molecule has 252 valence electrons. The first-order valence-corrected chi connectivity index (χ1v) is 17.6. The second kappa shape index (κ2) is 14.3. The predicted octanol–water partition coefficient (Wildman–Crippen LogP) is -0.595. The Morgan fingerprint density at radius 1 is 1.07 bits per heavy atom. The van der Waals surface area contributed by atoms with Gasteiger partial charge in [0.15, 0.2) is 6.29 Å². The van der Waals surface area contributed by atoms with E-state index in [4.69, 9.17) is 38.9 Å². The standard InChI is InChI=1S/C26H35ClN2O14S2/c1-15-9-29(25(33)28-23(15)32)21-8-19(31)20(42-21)12-39-24-18(10-30)22(38-11-16-4-6-17(27)7-5-16)26(43-24,13-40-44(2,34)35)14-41-45(3,36)37/h4-7,9,18-22,24,30-31H,8,10-14H2,1-3H3,(H,28,32,33)/t18-,19+,20-,21-,22+,24?/m1/s1. The number of aromatic amines is 1. The lowest BCUT2D eigenvalue weighted by Gasteiger charge is -2.33. The summed E-state index contributed by atoms with van der Waals surface area (Å²) in [5, 5.41) is 21.6. The molecule has 2 aromatic rings. The Morgan fingerprint density at radius 2 is 1.69 bits per heavy atom. The van der Waals surface area contributed by atoms with E-state index in [0.717, 1.165) is 17.1 Å². The molecule has 16 nitrogen and oxygen atoms in total. The fourth-order valence-electron chi connectivity index (χ4n) is 5.01. The Morgan fingerprint density at radius 3 is 2.27 bits per heavy atom. The van der Waals surface area contributed by atoms with Gasteiger partial charge in [0.2, 0.25) is 0 Å². The molecule has 1 aromatic heterocycles. The van der Waals surface area contributed by atoms with E-state index in [1.165, 1.54) is 13.1 Å². The number of benzene rings is 1. The van der Waals surface area contributed by atoms with Crippen LogP contribution in [-0.4, -0.2) is 106 Å². The van der Waals surface area contributed by atoms with Gasteiger partial charge in [-0.05, 0) is 24.6 Å². The highest BCUT2D eigenvalue weighted by atomic mass is 35.5.